The number of ketones is 1. The van der Waals surface area contributed by atoms with Crippen molar-refractivity contribution in [2.75, 3.05) is 0 Å². The van der Waals surface area contributed by atoms with Gasteiger partial charge in [0.2, 0.25) is 5.78 Å². The second kappa shape index (κ2) is 4.90. The van der Waals surface area contributed by atoms with Crippen molar-refractivity contribution in [3.63, 3.8) is 0 Å². The van der Waals surface area contributed by atoms with Gasteiger partial charge in [-0.3, -0.25) is 14.9 Å². The summed E-state index contributed by atoms with van der Waals surface area (Å²) >= 11 is 0. The molecule has 0 saturated carbocycles. The van der Waals surface area contributed by atoms with E-state index in [2.05, 4.69) is 0 Å². The summed E-state index contributed by atoms with van der Waals surface area (Å²) in [5.74, 6) is -0.407. The van der Waals surface area contributed by atoms with Gasteiger partial charge in [0, 0.05) is 18.8 Å². The zero-order chi connectivity index (χ0) is 6.73. The predicted molar refractivity (Wildman–Crippen MR) is 27.1 cm³/mol. The molecule has 46 valence electrons. The standard InChI is InChI=1S/C4H7NO3.Na/c1-3(4(2)6)5(7)8;/h3H,1-2H3;/q;+1. The SMILES string of the molecule is CC(=O)C(C)[N+](=O)[O-].[Na+]. The minimum absolute atomic E-state index is 0. The fourth-order valence-electron chi connectivity index (χ4n) is 0.148. The summed E-state index contributed by atoms with van der Waals surface area (Å²) in [4.78, 5) is 19.3. The molecule has 4 nitrogen and oxygen atoms in total. The van der Waals surface area contributed by atoms with Crippen LogP contribution in [-0.2, 0) is 4.79 Å². The number of Topliss-reactive ketones (excluding diaryl/α,β-unsaturated/α-hetero) is 1. The average Bonchev–Trinajstić information content (AvgIpc) is 1.64. The van der Waals surface area contributed by atoms with Crippen LogP contribution in [0.25, 0.3) is 0 Å². The summed E-state index contributed by atoms with van der Waals surface area (Å²) < 4.78 is 0. The third-order valence-electron chi connectivity index (χ3n) is 0.905. The summed E-state index contributed by atoms with van der Waals surface area (Å²) in [6.45, 7) is 2.47. The van der Waals surface area contributed by atoms with Gasteiger partial charge in [-0.25, -0.2) is 0 Å². The topological polar surface area (TPSA) is 60.2 Å². The van der Waals surface area contributed by atoms with Crippen molar-refractivity contribution in [2.24, 2.45) is 0 Å². The van der Waals surface area contributed by atoms with Crippen LogP contribution in [0.4, 0.5) is 0 Å². The first-order valence-corrected chi connectivity index (χ1v) is 2.19. The molecular formula is C4H7NNaO3+. The fraction of sp³-hybridized carbons (Fsp3) is 0.750. The summed E-state index contributed by atoms with van der Waals surface area (Å²) in [5.41, 5.74) is 0. The molecule has 0 N–H and O–H groups in total. The minimum Gasteiger partial charge on any atom is -0.292 e. The molecule has 1 atom stereocenters. The van der Waals surface area contributed by atoms with Crippen molar-refractivity contribution < 1.29 is 39.3 Å². The molecule has 1 unspecified atom stereocenters. The van der Waals surface area contributed by atoms with Gasteiger partial charge in [0.25, 0.3) is 6.04 Å². The molecule has 5 heteroatoms. The zero-order valence-corrected chi connectivity index (χ0v) is 7.75. The van der Waals surface area contributed by atoms with Crippen LogP contribution >= 0.6 is 0 Å². The number of carbonyl (C=O) groups is 1. The summed E-state index contributed by atoms with van der Waals surface area (Å²) in [7, 11) is 0. The van der Waals surface area contributed by atoms with Gasteiger partial charge in [-0.1, -0.05) is 0 Å². The molecule has 0 bridgehead atoms. The molecule has 0 aliphatic heterocycles. The Balaban J connectivity index is 0. The number of nitro groups is 1. The Kier molecular flexibility index (Phi) is 6.44. The van der Waals surface area contributed by atoms with Crippen molar-refractivity contribution in [1.29, 1.82) is 0 Å². The third kappa shape index (κ3) is 4.57. The molecule has 0 rings (SSSR count). The minimum atomic E-state index is -1.05. The molecular weight excluding hydrogens is 133 g/mol. The molecule has 0 aromatic heterocycles. The monoisotopic (exact) mass is 140 g/mol. The van der Waals surface area contributed by atoms with Crippen LogP contribution in [0.5, 0.6) is 0 Å². The van der Waals surface area contributed by atoms with Crippen LogP contribution in [0, 0.1) is 10.1 Å². The maximum absolute atomic E-state index is 10.1. The molecule has 0 saturated heterocycles. The molecule has 0 spiro atoms. The van der Waals surface area contributed by atoms with Crippen molar-refractivity contribution in [3.05, 3.63) is 10.1 Å². The van der Waals surface area contributed by atoms with E-state index < -0.39 is 16.7 Å². The van der Waals surface area contributed by atoms with E-state index in [1.54, 1.807) is 0 Å². The van der Waals surface area contributed by atoms with Gasteiger partial charge in [0.15, 0.2) is 0 Å². The molecule has 0 aromatic carbocycles. The number of hydrogen-bond donors (Lipinski definition) is 0. The van der Waals surface area contributed by atoms with Crippen LogP contribution in [-0.4, -0.2) is 16.7 Å². The second-order valence-electron chi connectivity index (χ2n) is 1.57. The van der Waals surface area contributed by atoms with E-state index in [-0.39, 0.29) is 29.6 Å². The van der Waals surface area contributed by atoms with Gasteiger partial charge in [-0.2, -0.15) is 0 Å². The van der Waals surface area contributed by atoms with Crippen molar-refractivity contribution in [1.82, 2.24) is 0 Å². The van der Waals surface area contributed by atoms with E-state index in [0.29, 0.717) is 0 Å². The van der Waals surface area contributed by atoms with E-state index in [0.717, 1.165) is 0 Å². The van der Waals surface area contributed by atoms with Crippen LogP contribution < -0.4 is 29.6 Å². The average molecular weight is 140 g/mol. The summed E-state index contributed by atoms with van der Waals surface area (Å²) in [5, 5.41) is 9.73. The van der Waals surface area contributed by atoms with E-state index in [4.69, 9.17) is 0 Å². The van der Waals surface area contributed by atoms with Crippen molar-refractivity contribution >= 4 is 5.78 Å². The quantitative estimate of drug-likeness (QED) is 0.237. The molecule has 0 aromatic rings. The Morgan fingerprint density at radius 2 is 2.00 bits per heavy atom. The maximum atomic E-state index is 10.1. The van der Waals surface area contributed by atoms with Gasteiger partial charge in [0.05, 0.1) is 0 Å². The molecule has 0 heterocycles. The summed E-state index contributed by atoms with van der Waals surface area (Å²) in [6, 6.07) is -1.05. The number of nitrogens with zero attached hydrogens (tertiary/aromatic N) is 1. The Labute approximate surface area is 75.1 Å². The van der Waals surface area contributed by atoms with E-state index in [1.165, 1.54) is 13.8 Å². The number of hydrogen-bond acceptors (Lipinski definition) is 3. The summed E-state index contributed by atoms with van der Waals surface area (Å²) in [6.07, 6.45) is 0. The maximum Gasteiger partial charge on any atom is 1.00 e. The zero-order valence-electron chi connectivity index (χ0n) is 5.75. The normalized spacial score (nSPS) is 11.3. The van der Waals surface area contributed by atoms with Crippen LogP contribution in [0.3, 0.4) is 0 Å². The number of rotatable bonds is 2. The first-order valence-electron chi connectivity index (χ1n) is 2.19. The van der Waals surface area contributed by atoms with E-state index in [1.807, 2.05) is 0 Å². The van der Waals surface area contributed by atoms with E-state index in [9.17, 15) is 14.9 Å². The largest absolute Gasteiger partial charge is 1.00 e. The Morgan fingerprint density at radius 3 is 2.00 bits per heavy atom. The molecule has 0 radical (unpaired) electrons. The van der Waals surface area contributed by atoms with Gasteiger partial charge < -0.3 is 0 Å². The van der Waals surface area contributed by atoms with Gasteiger partial charge in [-0.15, -0.1) is 0 Å². The van der Waals surface area contributed by atoms with Gasteiger partial charge in [0.1, 0.15) is 0 Å². The Bertz CT molecular complexity index is 111. The first kappa shape index (κ1) is 11.8. The predicted octanol–water partition coefficient (Wildman–Crippen LogP) is -2.76. The van der Waals surface area contributed by atoms with E-state index >= 15 is 0 Å². The van der Waals surface area contributed by atoms with Crippen molar-refractivity contribution in [3.8, 4) is 0 Å². The first-order chi connectivity index (χ1) is 3.55. The molecule has 0 amide bonds. The van der Waals surface area contributed by atoms with Gasteiger partial charge in [-0.05, 0) is 0 Å². The fourth-order valence-corrected chi connectivity index (χ4v) is 0.148. The molecule has 0 aliphatic carbocycles. The molecule has 9 heavy (non-hydrogen) atoms. The van der Waals surface area contributed by atoms with Crippen molar-refractivity contribution in [2.45, 2.75) is 19.9 Å². The van der Waals surface area contributed by atoms with Crippen LogP contribution in [0.1, 0.15) is 13.8 Å². The van der Waals surface area contributed by atoms with Gasteiger partial charge >= 0.3 is 29.6 Å². The second-order valence-corrected chi connectivity index (χ2v) is 1.57. The van der Waals surface area contributed by atoms with Crippen LogP contribution in [0.2, 0.25) is 0 Å². The smallest absolute Gasteiger partial charge is 0.292 e. The Morgan fingerprint density at radius 1 is 1.67 bits per heavy atom. The Hall–Kier alpha value is 0.0700. The molecule has 0 aliphatic rings. The third-order valence-corrected chi connectivity index (χ3v) is 0.905. The molecule has 0 fully saturated rings. The number of carbonyl (C=O) groups excluding carboxylic acids is 1. The van der Waals surface area contributed by atoms with Crippen LogP contribution in [0.15, 0.2) is 0 Å².